The van der Waals surface area contributed by atoms with E-state index in [1.807, 2.05) is 12.1 Å². The molecule has 0 radical (unpaired) electrons. The van der Waals surface area contributed by atoms with Gasteiger partial charge < -0.3 is 10.4 Å². The third-order valence-corrected chi connectivity index (χ3v) is 4.67. The maximum absolute atomic E-state index is 9.81. The van der Waals surface area contributed by atoms with Gasteiger partial charge in [0.05, 0.1) is 0 Å². The van der Waals surface area contributed by atoms with Crippen LogP contribution >= 0.6 is 40.7 Å². The normalized spacial score (nSPS) is 16.7. The van der Waals surface area contributed by atoms with E-state index < -0.39 is 0 Å². The maximum Gasteiger partial charge on any atom is 0.115 e. The Kier molecular flexibility index (Phi) is 10.7. The highest BCUT2D eigenvalue weighted by Gasteiger charge is 2.24. The van der Waals surface area contributed by atoms with Crippen LogP contribution in [0.3, 0.4) is 0 Å². The third kappa shape index (κ3) is 6.25. The van der Waals surface area contributed by atoms with Gasteiger partial charge in [-0.15, -0.1) is 24.8 Å². The Bertz CT molecular complexity index is 440. The number of nitrogens with one attached hydrogen (secondary N) is 1. The van der Waals surface area contributed by atoms with E-state index in [1.54, 1.807) is 6.07 Å². The minimum atomic E-state index is 0. The molecule has 1 aliphatic heterocycles. The third-order valence-electron chi connectivity index (χ3n) is 3.95. The van der Waals surface area contributed by atoms with E-state index >= 15 is 0 Å². The Morgan fingerprint density at radius 2 is 1.82 bits per heavy atom. The number of hydrogen-bond donors (Lipinski definition) is 2. The van der Waals surface area contributed by atoms with Crippen molar-refractivity contribution in [3.8, 4) is 5.75 Å². The molecule has 1 fully saturated rings. The van der Waals surface area contributed by atoms with Gasteiger partial charge in [-0.3, -0.25) is 4.90 Å². The van der Waals surface area contributed by atoms with E-state index in [1.165, 1.54) is 12.0 Å². The van der Waals surface area contributed by atoms with E-state index in [0.717, 1.165) is 37.1 Å². The van der Waals surface area contributed by atoms with Gasteiger partial charge in [0.2, 0.25) is 0 Å². The van der Waals surface area contributed by atoms with Crippen molar-refractivity contribution in [3.63, 3.8) is 0 Å². The van der Waals surface area contributed by atoms with Crippen molar-refractivity contribution >= 4 is 40.7 Å². The first-order chi connectivity index (χ1) is 9.58. The summed E-state index contributed by atoms with van der Waals surface area (Å²) in [5.41, 5.74) is 1.22. The van der Waals surface area contributed by atoms with Crippen LogP contribution in [0, 0.1) is 5.92 Å². The number of nitrogens with zero attached hydrogens (tertiary/aromatic N) is 1. The predicted molar refractivity (Wildman–Crippen MR) is 102 cm³/mol. The number of hydrogen-bond acceptors (Lipinski definition) is 3. The number of aromatic hydroxyl groups is 1. The van der Waals surface area contributed by atoms with Crippen molar-refractivity contribution < 1.29 is 5.11 Å². The van der Waals surface area contributed by atoms with Crippen molar-refractivity contribution in [1.82, 2.24) is 10.2 Å². The summed E-state index contributed by atoms with van der Waals surface area (Å²) in [4.78, 5) is 2.54. The summed E-state index contributed by atoms with van der Waals surface area (Å²) in [7, 11) is 0. The highest BCUT2D eigenvalue weighted by Crippen LogP contribution is 2.34. The molecule has 0 spiro atoms. The van der Waals surface area contributed by atoms with Gasteiger partial charge in [-0.2, -0.15) is 0 Å². The Morgan fingerprint density at radius 1 is 1.18 bits per heavy atom. The van der Waals surface area contributed by atoms with Crippen molar-refractivity contribution in [2.24, 2.45) is 5.92 Å². The fourth-order valence-corrected chi connectivity index (χ4v) is 3.32. The zero-order valence-corrected chi connectivity index (χ0v) is 16.4. The van der Waals surface area contributed by atoms with E-state index in [0.29, 0.717) is 17.7 Å². The van der Waals surface area contributed by atoms with E-state index in [-0.39, 0.29) is 24.8 Å². The molecule has 1 heterocycles. The first-order valence-electron chi connectivity index (χ1n) is 7.51. The summed E-state index contributed by atoms with van der Waals surface area (Å²) in [5, 5.41) is 13.2. The van der Waals surface area contributed by atoms with Gasteiger partial charge in [0.1, 0.15) is 5.75 Å². The smallest absolute Gasteiger partial charge is 0.115 e. The molecule has 3 nitrogen and oxygen atoms in total. The summed E-state index contributed by atoms with van der Waals surface area (Å²) in [6.07, 6.45) is 2.34. The van der Waals surface area contributed by atoms with Crippen LogP contribution in [0.5, 0.6) is 5.75 Å². The number of piperazine rings is 1. The van der Waals surface area contributed by atoms with Crippen molar-refractivity contribution in [1.29, 1.82) is 0 Å². The average Bonchev–Trinajstić information content (AvgIpc) is 2.43. The molecule has 128 valence electrons. The zero-order chi connectivity index (χ0) is 14.5. The van der Waals surface area contributed by atoms with Crippen LogP contribution in [0.1, 0.15) is 38.3 Å². The second kappa shape index (κ2) is 10.7. The minimum absolute atomic E-state index is 0. The molecule has 0 amide bonds. The summed E-state index contributed by atoms with van der Waals surface area (Å²) >= 11 is 3.65. The molecular weight excluding hydrogens is 387 g/mol. The molecule has 0 aromatic heterocycles. The molecule has 1 saturated heterocycles. The summed E-state index contributed by atoms with van der Waals surface area (Å²) in [5.74, 6) is 1.06. The van der Waals surface area contributed by atoms with Gasteiger partial charge in [0.15, 0.2) is 0 Å². The van der Waals surface area contributed by atoms with Gasteiger partial charge in [-0.25, -0.2) is 0 Å². The summed E-state index contributed by atoms with van der Waals surface area (Å²) in [6.45, 7) is 8.79. The fraction of sp³-hybridized carbons (Fsp3) is 0.625. The standard InChI is InChI=1S/C16H25BrN2O.2ClH/c1-12(2)3-6-16(19-9-7-18-8-10-19)14-11-13(20)4-5-15(14)17;;/h4-5,11-12,16,18,20H,3,6-10H2,1-2H3;2*1H/t16-;;/m1../s1. The predicted octanol–water partition coefficient (Wildman–Crippen LogP) is 4.38. The number of phenols is 1. The summed E-state index contributed by atoms with van der Waals surface area (Å²) in [6, 6.07) is 6.00. The van der Waals surface area contributed by atoms with Crippen molar-refractivity contribution in [3.05, 3.63) is 28.2 Å². The second-order valence-corrected chi connectivity index (χ2v) is 6.83. The molecule has 0 aliphatic carbocycles. The van der Waals surface area contributed by atoms with Gasteiger partial charge in [-0.1, -0.05) is 29.8 Å². The Hall–Kier alpha value is -0.000000000000000222. The lowest BCUT2D eigenvalue weighted by molar-refractivity contribution is 0.159. The second-order valence-electron chi connectivity index (χ2n) is 5.98. The van der Waals surface area contributed by atoms with Crippen molar-refractivity contribution in [2.75, 3.05) is 26.2 Å². The Labute approximate surface area is 154 Å². The molecule has 22 heavy (non-hydrogen) atoms. The number of benzene rings is 1. The lowest BCUT2D eigenvalue weighted by Crippen LogP contribution is -2.45. The van der Waals surface area contributed by atoms with Crippen LogP contribution in [-0.4, -0.2) is 36.2 Å². The molecule has 0 bridgehead atoms. The Morgan fingerprint density at radius 3 is 2.41 bits per heavy atom. The molecular formula is C16H27BrCl2N2O. The highest BCUT2D eigenvalue weighted by molar-refractivity contribution is 9.10. The molecule has 1 atom stereocenters. The van der Waals surface area contributed by atoms with Crippen LogP contribution in [0.25, 0.3) is 0 Å². The lowest BCUT2D eigenvalue weighted by Gasteiger charge is -2.36. The highest BCUT2D eigenvalue weighted by atomic mass is 79.9. The monoisotopic (exact) mass is 412 g/mol. The van der Waals surface area contributed by atoms with Crippen LogP contribution in [0.15, 0.2) is 22.7 Å². The molecule has 6 heteroatoms. The molecule has 0 saturated carbocycles. The van der Waals surface area contributed by atoms with E-state index in [9.17, 15) is 5.11 Å². The van der Waals surface area contributed by atoms with Crippen LogP contribution in [0.2, 0.25) is 0 Å². The first-order valence-corrected chi connectivity index (χ1v) is 8.30. The fourth-order valence-electron chi connectivity index (χ4n) is 2.81. The topological polar surface area (TPSA) is 35.5 Å². The van der Waals surface area contributed by atoms with Crippen LogP contribution < -0.4 is 5.32 Å². The number of rotatable bonds is 5. The molecule has 1 aliphatic rings. The summed E-state index contributed by atoms with van der Waals surface area (Å²) < 4.78 is 1.10. The van der Waals surface area contributed by atoms with E-state index in [2.05, 4.69) is 40.0 Å². The molecule has 1 aromatic carbocycles. The maximum atomic E-state index is 9.81. The number of halogens is 3. The van der Waals surface area contributed by atoms with Gasteiger partial charge in [-0.05, 0) is 42.5 Å². The molecule has 1 aromatic rings. The minimum Gasteiger partial charge on any atom is -0.508 e. The van der Waals surface area contributed by atoms with Crippen molar-refractivity contribution in [2.45, 2.75) is 32.7 Å². The first kappa shape index (κ1) is 22.0. The van der Waals surface area contributed by atoms with Gasteiger partial charge in [0, 0.05) is 36.7 Å². The molecule has 2 rings (SSSR count). The zero-order valence-electron chi connectivity index (χ0n) is 13.2. The number of phenolic OH excluding ortho intramolecular Hbond substituents is 1. The van der Waals surface area contributed by atoms with Gasteiger partial charge in [0.25, 0.3) is 0 Å². The molecule has 0 unspecified atom stereocenters. The lowest BCUT2D eigenvalue weighted by atomic mass is 9.95. The van der Waals surface area contributed by atoms with Crippen LogP contribution in [-0.2, 0) is 0 Å². The average molecular weight is 414 g/mol. The Balaban J connectivity index is 0.00000220. The quantitative estimate of drug-likeness (QED) is 0.751. The molecule has 2 N–H and O–H groups in total. The largest absolute Gasteiger partial charge is 0.508 e. The van der Waals surface area contributed by atoms with Gasteiger partial charge >= 0.3 is 0 Å². The SMILES string of the molecule is CC(C)CC[C@H](c1cc(O)ccc1Br)N1CCNCC1.Cl.Cl. The van der Waals surface area contributed by atoms with Crippen LogP contribution in [0.4, 0.5) is 0 Å². The van der Waals surface area contributed by atoms with E-state index in [4.69, 9.17) is 0 Å².